The largest absolute Gasteiger partial charge is 0.459 e. The second-order valence-electron chi connectivity index (χ2n) is 8.37. The van der Waals surface area contributed by atoms with Gasteiger partial charge in [-0.2, -0.15) is 0 Å². The van der Waals surface area contributed by atoms with E-state index >= 15 is 0 Å². The Bertz CT molecular complexity index is 397. The molecule has 4 nitrogen and oxygen atoms in total. The molecular formula is C17H28O4. The summed E-state index contributed by atoms with van der Waals surface area (Å²) in [6, 6.07) is 0. The highest BCUT2D eigenvalue weighted by molar-refractivity contribution is 6.05. The van der Waals surface area contributed by atoms with E-state index in [1.165, 1.54) is 0 Å². The Morgan fingerprint density at radius 1 is 0.810 bits per heavy atom. The van der Waals surface area contributed by atoms with Crippen molar-refractivity contribution in [3.05, 3.63) is 0 Å². The number of ether oxygens (including phenoxy) is 2. The zero-order chi connectivity index (χ0) is 16.1. The zero-order valence-corrected chi connectivity index (χ0v) is 14.1. The van der Waals surface area contributed by atoms with Gasteiger partial charge in [0.15, 0.2) is 5.41 Å². The molecule has 0 radical (unpaired) electrons. The summed E-state index contributed by atoms with van der Waals surface area (Å²) in [6.07, 6.45) is 4.00. The Kier molecular flexibility index (Phi) is 3.88. The summed E-state index contributed by atoms with van der Waals surface area (Å²) in [7, 11) is 0. The number of carbonyl (C=O) groups excluding carboxylic acids is 2. The van der Waals surface area contributed by atoms with Gasteiger partial charge in [-0.1, -0.05) is 12.8 Å². The second-order valence-corrected chi connectivity index (χ2v) is 8.37. The fraction of sp³-hybridized carbons (Fsp3) is 0.882. The smallest absolute Gasteiger partial charge is 0.324 e. The van der Waals surface area contributed by atoms with Gasteiger partial charge in [0.2, 0.25) is 0 Å². The molecule has 0 bridgehead atoms. The van der Waals surface area contributed by atoms with Gasteiger partial charge >= 0.3 is 11.9 Å². The van der Waals surface area contributed by atoms with E-state index < -0.39 is 16.6 Å². The quantitative estimate of drug-likeness (QED) is 0.578. The van der Waals surface area contributed by atoms with E-state index in [1.807, 2.05) is 41.5 Å². The predicted molar refractivity (Wildman–Crippen MR) is 79.6 cm³/mol. The second kappa shape index (κ2) is 4.99. The third-order valence-electron chi connectivity index (χ3n) is 4.30. The molecule has 2 fully saturated rings. The first-order valence-corrected chi connectivity index (χ1v) is 7.95. The van der Waals surface area contributed by atoms with Crippen LogP contribution in [0.1, 0.15) is 67.2 Å². The van der Waals surface area contributed by atoms with Crippen LogP contribution >= 0.6 is 0 Å². The van der Waals surface area contributed by atoms with E-state index in [9.17, 15) is 9.59 Å². The van der Waals surface area contributed by atoms with Crippen molar-refractivity contribution >= 4 is 11.9 Å². The third-order valence-corrected chi connectivity index (χ3v) is 4.30. The van der Waals surface area contributed by atoms with E-state index in [1.54, 1.807) is 0 Å². The molecule has 21 heavy (non-hydrogen) atoms. The SMILES string of the molecule is CC(C)(C)OC(=O)C1(C(=O)OC(C)(C)C)[C@H]2CCCC[C@@H]21. The number of fused-ring (bicyclic) bond motifs is 1. The van der Waals surface area contributed by atoms with Crippen LogP contribution < -0.4 is 0 Å². The Morgan fingerprint density at radius 3 is 1.43 bits per heavy atom. The molecule has 0 amide bonds. The van der Waals surface area contributed by atoms with E-state index in [0.29, 0.717) is 0 Å². The van der Waals surface area contributed by atoms with Crippen molar-refractivity contribution in [1.29, 1.82) is 0 Å². The van der Waals surface area contributed by atoms with E-state index in [2.05, 4.69) is 0 Å². The van der Waals surface area contributed by atoms with Crippen LogP contribution in [-0.2, 0) is 19.1 Å². The Labute approximate surface area is 127 Å². The van der Waals surface area contributed by atoms with Crippen LogP contribution in [-0.4, -0.2) is 23.1 Å². The maximum atomic E-state index is 12.7. The van der Waals surface area contributed by atoms with Gasteiger partial charge in [-0.05, 0) is 66.2 Å². The molecule has 0 spiro atoms. The minimum Gasteiger partial charge on any atom is -0.459 e. The molecule has 4 heteroatoms. The molecule has 0 saturated heterocycles. The fourth-order valence-electron chi connectivity index (χ4n) is 3.54. The van der Waals surface area contributed by atoms with Crippen molar-refractivity contribution in [2.75, 3.05) is 0 Å². The van der Waals surface area contributed by atoms with Crippen LogP contribution in [0.3, 0.4) is 0 Å². The lowest BCUT2D eigenvalue weighted by Crippen LogP contribution is -2.40. The molecular weight excluding hydrogens is 268 g/mol. The van der Waals surface area contributed by atoms with E-state index in [-0.39, 0.29) is 23.8 Å². The number of carbonyl (C=O) groups is 2. The number of esters is 2. The molecule has 2 saturated carbocycles. The fourth-order valence-corrected chi connectivity index (χ4v) is 3.54. The summed E-state index contributed by atoms with van der Waals surface area (Å²) >= 11 is 0. The maximum absolute atomic E-state index is 12.7. The molecule has 0 aromatic heterocycles. The topological polar surface area (TPSA) is 52.6 Å². The lowest BCUT2D eigenvalue weighted by Gasteiger charge is -2.27. The average molecular weight is 296 g/mol. The summed E-state index contributed by atoms with van der Waals surface area (Å²) in [5, 5.41) is 0. The summed E-state index contributed by atoms with van der Waals surface area (Å²) in [6.45, 7) is 11.0. The molecule has 2 aliphatic rings. The highest BCUT2D eigenvalue weighted by atomic mass is 16.6. The van der Waals surface area contributed by atoms with Crippen LogP contribution in [0.2, 0.25) is 0 Å². The first kappa shape index (κ1) is 16.3. The molecule has 0 unspecified atom stereocenters. The van der Waals surface area contributed by atoms with E-state index in [0.717, 1.165) is 25.7 Å². The van der Waals surface area contributed by atoms with Gasteiger partial charge in [-0.25, -0.2) is 0 Å². The van der Waals surface area contributed by atoms with Crippen molar-refractivity contribution in [3.63, 3.8) is 0 Å². The standard InChI is InChI=1S/C17H28O4/c1-15(2,3)20-13(18)17(14(19)21-16(4,5)6)11-9-7-8-10-12(11)17/h11-12H,7-10H2,1-6H3/t11-,12-/m0/s1. The van der Waals surface area contributed by atoms with Crippen LogP contribution in [0, 0.1) is 17.3 Å². The van der Waals surface area contributed by atoms with Crippen LogP contribution in [0.4, 0.5) is 0 Å². The highest BCUT2D eigenvalue weighted by Crippen LogP contribution is 2.67. The molecule has 0 aliphatic heterocycles. The van der Waals surface area contributed by atoms with Crippen LogP contribution in [0.5, 0.6) is 0 Å². The van der Waals surface area contributed by atoms with Gasteiger partial charge < -0.3 is 9.47 Å². The summed E-state index contributed by atoms with van der Waals surface area (Å²) in [5.41, 5.74) is -2.22. The maximum Gasteiger partial charge on any atom is 0.324 e. The van der Waals surface area contributed by atoms with Crippen LogP contribution in [0.25, 0.3) is 0 Å². The summed E-state index contributed by atoms with van der Waals surface area (Å²) in [5.74, 6) is -0.561. The van der Waals surface area contributed by atoms with Gasteiger partial charge in [-0.15, -0.1) is 0 Å². The monoisotopic (exact) mass is 296 g/mol. The zero-order valence-electron chi connectivity index (χ0n) is 14.1. The summed E-state index contributed by atoms with van der Waals surface area (Å²) in [4.78, 5) is 25.4. The van der Waals surface area contributed by atoms with Gasteiger partial charge in [-0.3, -0.25) is 9.59 Å². The first-order valence-electron chi connectivity index (χ1n) is 7.95. The van der Waals surface area contributed by atoms with Crippen LogP contribution in [0.15, 0.2) is 0 Å². The molecule has 2 aliphatic carbocycles. The molecule has 0 aromatic carbocycles. The lowest BCUT2D eigenvalue weighted by molar-refractivity contribution is -0.178. The third kappa shape index (κ3) is 3.09. The van der Waals surface area contributed by atoms with Crippen molar-refractivity contribution in [2.45, 2.75) is 78.4 Å². The van der Waals surface area contributed by atoms with E-state index in [4.69, 9.17) is 9.47 Å². The van der Waals surface area contributed by atoms with Gasteiger partial charge in [0, 0.05) is 0 Å². The normalized spacial score (nSPS) is 27.5. The lowest BCUT2D eigenvalue weighted by atomic mass is 10.00. The minimum absolute atomic E-state index is 0.107. The highest BCUT2D eigenvalue weighted by Gasteiger charge is 2.76. The number of rotatable bonds is 2. The first-order chi connectivity index (χ1) is 9.48. The Balaban J connectivity index is 2.25. The summed E-state index contributed by atoms with van der Waals surface area (Å²) < 4.78 is 11.1. The van der Waals surface area contributed by atoms with Gasteiger partial charge in [0.25, 0.3) is 0 Å². The predicted octanol–water partition coefficient (Wildman–Crippen LogP) is 3.48. The van der Waals surface area contributed by atoms with Crippen molar-refractivity contribution in [3.8, 4) is 0 Å². The Morgan fingerprint density at radius 2 is 1.14 bits per heavy atom. The molecule has 0 N–H and O–H groups in total. The molecule has 0 aromatic rings. The van der Waals surface area contributed by atoms with Gasteiger partial charge in [0.05, 0.1) is 0 Å². The molecule has 2 rings (SSSR count). The minimum atomic E-state index is -1.04. The number of hydrogen-bond acceptors (Lipinski definition) is 4. The van der Waals surface area contributed by atoms with Crippen molar-refractivity contribution < 1.29 is 19.1 Å². The van der Waals surface area contributed by atoms with Gasteiger partial charge in [0.1, 0.15) is 11.2 Å². The average Bonchev–Trinajstić information content (AvgIpc) is 2.94. The van der Waals surface area contributed by atoms with Crippen molar-refractivity contribution in [2.24, 2.45) is 17.3 Å². The molecule has 0 heterocycles. The molecule has 120 valence electrons. The number of hydrogen-bond donors (Lipinski definition) is 0. The van der Waals surface area contributed by atoms with Crippen molar-refractivity contribution in [1.82, 2.24) is 0 Å². The Hall–Kier alpha value is -1.06. The molecule has 2 atom stereocenters.